The van der Waals surface area contributed by atoms with Crippen LogP contribution in [0.1, 0.15) is 84.3 Å². The second kappa shape index (κ2) is 25.0. The molecule has 0 amide bonds. The van der Waals surface area contributed by atoms with Crippen LogP contribution in [0.15, 0.2) is 109 Å². The maximum Gasteiger partial charge on any atom is 0.167 e. The molecule has 0 spiro atoms. The fourth-order valence-corrected chi connectivity index (χ4v) is 7.76. The first kappa shape index (κ1) is 55.9. The first-order chi connectivity index (χ1) is 35.3. The third-order valence-corrected chi connectivity index (χ3v) is 12.2. The predicted molar refractivity (Wildman–Crippen MR) is 274 cm³/mol. The summed E-state index contributed by atoms with van der Waals surface area (Å²) in [4.78, 5) is 46.2. The molecule has 0 saturated carbocycles. The van der Waals surface area contributed by atoms with Gasteiger partial charge in [0, 0.05) is 41.3 Å². The molecule has 0 bridgehead atoms. The fourth-order valence-electron chi connectivity index (χ4n) is 7.40. The number of aromatic amines is 1. The molecule has 15 nitrogen and oxygen atoms in total. The van der Waals surface area contributed by atoms with Gasteiger partial charge in [0.1, 0.15) is 58.9 Å². The van der Waals surface area contributed by atoms with Gasteiger partial charge in [-0.05, 0) is 137 Å². The number of benzene rings is 4. The van der Waals surface area contributed by atoms with Gasteiger partial charge in [-0.15, -0.1) is 0 Å². The number of nitrogens with zero attached hydrogens (tertiary/aromatic N) is 3. The maximum absolute atomic E-state index is 13.7. The summed E-state index contributed by atoms with van der Waals surface area (Å²) in [6.07, 6.45) is 1.90. The maximum atomic E-state index is 13.7. The first-order valence-electron chi connectivity index (χ1n) is 22.9. The van der Waals surface area contributed by atoms with Crippen molar-refractivity contribution in [2.75, 3.05) is 35.0 Å². The lowest BCUT2D eigenvalue weighted by atomic mass is 9.92. The molecule has 7 aromatic rings. The molecule has 19 heteroatoms. The highest BCUT2D eigenvalue weighted by atomic mass is 35.5. The molecule has 0 aliphatic heterocycles. The summed E-state index contributed by atoms with van der Waals surface area (Å²) >= 11 is 11.9. The summed E-state index contributed by atoms with van der Waals surface area (Å²) in [5.41, 5.74) is 1.20. The van der Waals surface area contributed by atoms with Crippen molar-refractivity contribution in [2.24, 2.45) is 0 Å². The van der Waals surface area contributed by atoms with Crippen molar-refractivity contribution in [3.8, 4) is 57.0 Å². The second-order valence-electron chi connectivity index (χ2n) is 17.2. The average molecular weight is 1060 g/mol. The second-order valence-corrected chi connectivity index (χ2v) is 18.1. The summed E-state index contributed by atoms with van der Waals surface area (Å²) in [5, 5.41) is 29.0. The Morgan fingerprint density at radius 3 is 1.41 bits per heavy atom. The van der Waals surface area contributed by atoms with Crippen LogP contribution < -0.4 is 28.4 Å². The highest BCUT2D eigenvalue weighted by molar-refractivity contribution is 6.31. The molecule has 388 valence electrons. The van der Waals surface area contributed by atoms with Gasteiger partial charge < -0.3 is 38.6 Å². The van der Waals surface area contributed by atoms with Crippen LogP contribution in [0.4, 0.5) is 8.78 Å². The van der Waals surface area contributed by atoms with E-state index in [1.165, 1.54) is 77.8 Å². The van der Waals surface area contributed by atoms with Crippen molar-refractivity contribution >= 4 is 40.6 Å². The number of carbonyl (C=O) groups excluding carboxylic acids is 3. The lowest BCUT2D eigenvalue weighted by Crippen LogP contribution is -2.24. The summed E-state index contributed by atoms with van der Waals surface area (Å²) in [5.74, 6) is 0.799. The SMILES string of the molecule is COc1cc(C(=O)CCC(C)(O)c2ccc(OC)c(-c3ccc(F)c(Cl)c3)n2)ccc1OCC(C)=O.COc1cc(C(=O)CCC(C)(O)c2ccc(OC)c(-c3ccc(F)c(Cl)c3)n2)ccc1OCc1ccn[nH]1. The number of aliphatic hydroxyl groups is 2. The number of hydrogen-bond acceptors (Lipinski definition) is 14. The van der Waals surface area contributed by atoms with Crippen molar-refractivity contribution in [3.05, 3.63) is 159 Å². The zero-order chi connectivity index (χ0) is 53.7. The number of ketones is 3. The lowest BCUT2D eigenvalue weighted by Gasteiger charge is -2.24. The van der Waals surface area contributed by atoms with Crippen molar-refractivity contribution in [2.45, 2.75) is 64.3 Å². The largest absolute Gasteiger partial charge is 0.494 e. The molecule has 7 rings (SSSR count). The van der Waals surface area contributed by atoms with Crippen LogP contribution in [-0.4, -0.2) is 82.8 Å². The molecule has 2 atom stereocenters. The molecule has 4 aromatic carbocycles. The average Bonchev–Trinajstić information content (AvgIpc) is 3.93. The number of methoxy groups -OCH3 is 4. The van der Waals surface area contributed by atoms with Crippen LogP contribution in [0.5, 0.6) is 34.5 Å². The summed E-state index contributed by atoms with van der Waals surface area (Å²) < 4.78 is 60.0. The third-order valence-electron chi connectivity index (χ3n) is 11.7. The third kappa shape index (κ3) is 14.2. The molecular formula is C55H54Cl2F2N4O11. The number of Topliss-reactive ketones (excluding diaryl/α,β-unsaturated/α-hetero) is 3. The van der Waals surface area contributed by atoms with Gasteiger partial charge in [-0.1, -0.05) is 23.2 Å². The van der Waals surface area contributed by atoms with E-state index in [4.69, 9.17) is 51.6 Å². The van der Waals surface area contributed by atoms with Crippen LogP contribution >= 0.6 is 23.2 Å². The zero-order valence-electron chi connectivity index (χ0n) is 41.6. The van der Waals surface area contributed by atoms with Gasteiger partial charge in [0.15, 0.2) is 40.3 Å². The van der Waals surface area contributed by atoms with E-state index in [1.54, 1.807) is 80.7 Å². The molecule has 0 fully saturated rings. The minimum atomic E-state index is -1.45. The van der Waals surface area contributed by atoms with Gasteiger partial charge in [-0.3, -0.25) is 19.5 Å². The monoisotopic (exact) mass is 1050 g/mol. The molecule has 0 aliphatic rings. The molecule has 2 unspecified atom stereocenters. The normalized spacial score (nSPS) is 12.6. The van der Waals surface area contributed by atoms with E-state index in [1.807, 2.05) is 0 Å². The summed E-state index contributed by atoms with van der Waals surface area (Å²) in [7, 11) is 5.91. The zero-order valence-corrected chi connectivity index (χ0v) is 43.1. The molecule has 0 radical (unpaired) electrons. The molecule has 74 heavy (non-hydrogen) atoms. The smallest absolute Gasteiger partial charge is 0.167 e. The first-order valence-corrected chi connectivity index (χ1v) is 23.6. The van der Waals surface area contributed by atoms with E-state index in [-0.39, 0.29) is 66.3 Å². The molecular weight excluding hydrogens is 1000 g/mol. The van der Waals surface area contributed by atoms with Crippen LogP contribution in [0.25, 0.3) is 22.5 Å². The number of carbonyl (C=O) groups is 3. The summed E-state index contributed by atoms with van der Waals surface area (Å²) in [6, 6.07) is 26.4. The highest BCUT2D eigenvalue weighted by Gasteiger charge is 2.30. The van der Waals surface area contributed by atoms with E-state index in [9.17, 15) is 33.4 Å². The van der Waals surface area contributed by atoms with Gasteiger partial charge >= 0.3 is 0 Å². The minimum absolute atomic E-state index is 0.0230. The van der Waals surface area contributed by atoms with Crippen molar-refractivity contribution in [3.63, 3.8) is 0 Å². The van der Waals surface area contributed by atoms with Gasteiger partial charge in [-0.25, -0.2) is 18.7 Å². The van der Waals surface area contributed by atoms with Crippen LogP contribution in [0, 0.1) is 11.6 Å². The van der Waals surface area contributed by atoms with E-state index < -0.39 is 22.8 Å². The lowest BCUT2D eigenvalue weighted by molar-refractivity contribution is -0.118. The summed E-state index contributed by atoms with van der Waals surface area (Å²) in [6.45, 7) is 4.73. The topological polar surface area (TPSA) is 202 Å². The van der Waals surface area contributed by atoms with Crippen molar-refractivity contribution < 1.29 is 61.8 Å². The predicted octanol–water partition coefficient (Wildman–Crippen LogP) is 11.1. The standard InChI is InChI=1S/C28H27ClFN3O5.C27H27ClFNO6/c1-28(35,26-9-8-24(36-2)27(32-26)18-4-6-21(30)20(29)14-18)12-10-22(34)17-5-7-23(25(15-17)37-3)38-16-19-11-13-31-33-19;1-16(31)15-36-22-8-6-17(14-24(22)35-4)21(32)11-12-27(2,33)25-10-9-23(34-3)26(30-25)18-5-7-20(29)19(28)13-18/h4-9,11,13-15,35H,10,12,16H2,1-3H3,(H,31,33);5-10,13-14,33H,11-12,15H2,1-4H3. The Hall–Kier alpha value is -7.44. The number of hydrogen-bond donors (Lipinski definition) is 3. The van der Waals surface area contributed by atoms with Crippen molar-refractivity contribution in [1.82, 2.24) is 20.2 Å². The number of nitrogens with one attached hydrogen (secondary N) is 1. The van der Waals surface area contributed by atoms with E-state index in [0.717, 1.165) is 5.69 Å². The Bertz CT molecular complexity index is 3120. The van der Waals surface area contributed by atoms with Gasteiger partial charge in [-0.2, -0.15) is 5.10 Å². The fraction of sp³-hybridized carbons (Fsp3) is 0.273. The van der Waals surface area contributed by atoms with Gasteiger partial charge in [0.25, 0.3) is 0 Å². The van der Waals surface area contributed by atoms with Crippen molar-refractivity contribution in [1.29, 1.82) is 0 Å². The van der Waals surface area contributed by atoms with E-state index in [2.05, 4.69) is 20.2 Å². The number of H-pyrrole nitrogens is 1. The minimum Gasteiger partial charge on any atom is -0.494 e. The van der Waals surface area contributed by atoms with Crippen LogP contribution in [0.2, 0.25) is 10.0 Å². The van der Waals surface area contributed by atoms with Crippen LogP contribution in [0.3, 0.4) is 0 Å². The number of rotatable bonds is 22. The molecule has 0 aliphatic carbocycles. The van der Waals surface area contributed by atoms with Gasteiger partial charge in [0.2, 0.25) is 0 Å². The molecule has 3 N–H and O–H groups in total. The quantitative estimate of drug-likeness (QED) is 0.0541. The number of aromatic nitrogens is 4. The number of pyridine rings is 2. The number of halogens is 4. The van der Waals surface area contributed by atoms with Crippen LogP contribution in [-0.2, 0) is 22.6 Å². The Balaban J connectivity index is 0.000000241. The Morgan fingerprint density at radius 2 is 1.01 bits per heavy atom. The Labute approximate surface area is 436 Å². The molecule has 0 saturated heterocycles. The highest BCUT2D eigenvalue weighted by Crippen LogP contribution is 2.38. The Morgan fingerprint density at radius 1 is 0.581 bits per heavy atom. The Kier molecular flexibility index (Phi) is 18.9. The molecule has 3 aromatic heterocycles. The number of ether oxygens (including phenoxy) is 6. The van der Waals surface area contributed by atoms with E-state index in [0.29, 0.717) is 79.5 Å². The van der Waals surface area contributed by atoms with Gasteiger partial charge in [0.05, 0.1) is 55.6 Å². The van der Waals surface area contributed by atoms with E-state index >= 15 is 0 Å². The molecule has 3 heterocycles.